The van der Waals surface area contributed by atoms with Gasteiger partial charge in [-0.2, -0.15) is 0 Å². The molecule has 0 fully saturated rings. The molecule has 2 aromatic rings. The summed E-state index contributed by atoms with van der Waals surface area (Å²) in [4.78, 5) is 4.98. The van der Waals surface area contributed by atoms with Crippen molar-refractivity contribution in [2.45, 2.75) is 6.61 Å². The summed E-state index contributed by atoms with van der Waals surface area (Å²) in [7, 11) is 0. The fourth-order valence-corrected chi connectivity index (χ4v) is 2.47. The second kappa shape index (κ2) is 5.14. The van der Waals surface area contributed by atoms with Gasteiger partial charge in [0.05, 0.1) is 4.88 Å². The largest absolute Gasteiger partial charge is 0.488 e. The first-order chi connectivity index (χ1) is 7.24. The standard InChI is InChI=1S/C10H7ClINOS/c11-10-13-5-9(15-10)6-14-8-3-1-2-7(12)4-8/h1-5H,6H2. The second-order valence-corrected chi connectivity index (χ2v) is 5.77. The quantitative estimate of drug-likeness (QED) is 0.780. The lowest BCUT2D eigenvalue weighted by atomic mass is 10.3. The number of aromatic nitrogens is 1. The van der Waals surface area contributed by atoms with Gasteiger partial charge in [-0.25, -0.2) is 4.98 Å². The number of rotatable bonds is 3. The van der Waals surface area contributed by atoms with Crippen LogP contribution in [-0.4, -0.2) is 4.98 Å². The zero-order chi connectivity index (χ0) is 10.7. The van der Waals surface area contributed by atoms with Crippen LogP contribution in [0.25, 0.3) is 0 Å². The maximum absolute atomic E-state index is 5.72. The van der Waals surface area contributed by atoms with Gasteiger partial charge in [-0.3, -0.25) is 0 Å². The number of ether oxygens (including phenoxy) is 1. The third-order valence-corrected chi connectivity index (χ3v) is 3.46. The van der Waals surface area contributed by atoms with E-state index in [-0.39, 0.29) is 0 Å². The van der Waals surface area contributed by atoms with E-state index in [2.05, 4.69) is 27.6 Å². The predicted octanol–water partition coefficient (Wildman–Crippen LogP) is 3.98. The van der Waals surface area contributed by atoms with Gasteiger partial charge in [-0.05, 0) is 40.8 Å². The number of benzene rings is 1. The summed E-state index contributed by atoms with van der Waals surface area (Å²) in [5, 5.41) is 0. The van der Waals surface area contributed by atoms with E-state index in [1.165, 1.54) is 11.3 Å². The number of thiazole rings is 1. The van der Waals surface area contributed by atoms with E-state index in [9.17, 15) is 0 Å². The van der Waals surface area contributed by atoms with Gasteiger partial charge in [-0.15, -0.1) is 11.3 Å². The van der Waals surface area contributed by atoms with Gasteiger partial charge in [0, 0.05) is 9.77 Å². The van der Waals surface area contributed by atoms with Crippen LogP contribution in [0.2, 0.25) is 4.47 Å². The monoisotopic (exact) mass is 351 g/mol. The van der Waals surface area contributed by atoms with Crippen LogP contribution in [0.4, 0.5) is 0 Å². The third-order valence-electron chi connectivity index (χ3n) is 1.70. The first-order valence-electron chi connectivity index (χ1n) is 4.22. The van der Waals surface area contributed by atoms with Crippen molar-refractivity contribution in [1.82, 2.24) is 4.98 Å². The van der Waals surface area contributed by atoms with Gasteiger partial charge in [0.1, 0.15) is 12.4 Å². The van der Waals surface area contributed by atoms with Crippen molar-refractivity contribution in [2.75, 3.05) is 0 Å². The molecule has 0 saturated carbocycles. The zero-order valence-corrected chi connectivity index (χ0v) is 11.3. The molecule has 0 spiro atoms. The van der Waals surface area contributed by atoms with E-state index >= 15 is 0 Å². The summed E-state index contributed by atoms with van der Waals surface area (Å²) in [5.74, 6) is 0.867. The van der Waals surface area contributed by atoms with Gasteiger partial charge in [0.2, 0.25) is 0 Å². The van der Waals surface area contributed by atoms with Crippen LogP contribution < -0.4 is 4.74 Å². The minimum Gasteiger partial charge on any atom is -0.488 e. The molecular weight excluding hydrogens is 345 g/mol. The maximum atomic E-state index is 5.72. The SMILES string of the molecule is Clc1ncc(COc2cccc(I)c2)s1. The minimum atomic E-state index is 0.518. The molecule has 0 saturated heterocycles. The Hall–Kier alpha value is -0.330. The van der Waals surface area contributed by atoms with E-state index < -0.39 is 0 Å². The lowest BCUT2D eigenvalue weighted by Crippen LogP contribution is -1.92. The van der Waals surface area contributed by atoms with Crippen LogP contribution in [0, 0.1) is 3.57 Å². The van der Waals surface area contributed by atoms with Crippen molar-refractivity contribution in [3.63, 3.8) is 0 Å². The number of halogens is 2. The van der Waals surface area contributed by atoms with Crippen molar-refractivity contribution < 1.29 is 4.74 Å². The van der Waals surface area contributed by atoms with Gasteiger partial charge < -0.3 is 4.74 Å². The summed E-state index contributed by atoms with van der Waals surface area (Å²) in [5.41, 5.74) is 0. The molecule has 1 aromatic heterocycles. The predicted molar refractivity (Wildman–Crippen MR) is 70.6 cm³/mol. The van der Waals surface area contributed by atoms with Crippen molar-refractivity contribution in [1.29, 1.82) is 0 Å². The average molecular weight is 352 g/mol. The molecule has 0 unspecified atom stereocenters. The Morgan fingerprint density at radius 1 is 1.47 bits per heavy atom. The number of hydrogen-bond acceptors (Lipinski definition) is 3. The Labute approximate surface area is 110 Å². The Bertz CT molecular complexity index is 460. The molecule has 1 aromatic carbocycles. The number of hydrogen-bond donors (Lipinski definition) is 0. The molecule has 2 nitrogen and oxygen atoms in total. The van der Waals surface area contributed by atoms with Crippen molar-refractivity contribution in [3.05, 3.63) is 43.4 Å². The molecule has 78 valence electrons. The van der Waals surface area contributed by atoms with E-state index in [1.54, 1.807) is 6.20 Å². The zero-order valence-electron chi connectivity index (χ0n) is 7.61. The molecule has 0 amide bonds. The van der Waals surface area contributed by atoms with Crippen molar-refractivity contribution >= 4 is 45.5 Å². The highest BCUT2D eigenvalue weighted by Crippen LogP contribution is 2.21. The van der Waals surface area contributed by atoms with Crippen LogP contribution in [-0.2, 0) is 6.61 Å². The van der Waals surface area contributed by atoms with Crippen LogP contribution >= 0.6 is 45.5 Å². The van der Waals surface area contributed by atoms with Crippen LogP contribution in [0.3, 0.4) is 0 Å². The summed E-state index contributed by atoms with van der Waals surface area (Å²) in [6, 6.07) is 7.92. The molecule has 5 heteroatoms. The van der Waals surface area contributed by atoms with Gasteiger partial charge in [0.15, 0.2) is 4.47 Å². The van der Waals surface area contributed by atoms with Crippen LogP contribution in [0.15, 0.2) is 30.5 Å². The van der Waals surface area contributed by atoms with Crippen molar-refractivity contribution in [3.8, 4) is 5.75 Å². The summed E-state index contributed by atoms with van der Waals surface area (Å²) < 4.78 is 7.30. The summed E-state index contributed by atoms with van der Waals surface area (Å²) in [6.07, 6.45) is 1.74. The average Bonchev–Trinajstić information content (AvgIpc) is 2.62. The van der Waals surface area contributed by atoms with E-state index in [0.29, 0.717) is 11.1 Å². The highest BCUT2D eigenvalue weighted by Gasteiger charge is 2.00. The highest BCUT2D eigenvalue weighted by molar-refractivity contribution is 14.1. The Morgan fingerprint density at radius 3 is 3.00 bits per heavy atom. The maximum Gasteiger partial charge on any atom is 0.183 e. The Morgan fingerprint density at radius 2 is 2.33 bits per heavy atom. The molecule has 0 aliphatic heterocycles. The van der Waals surface area contributed by atoms with Crippen LogP contribution in [0.5, 0.6) is 5.75 Å². The number of nitrogens with zero attached hydrogens (tertiary/aromatic N) is 1. The molecule has 0 aliphatic rings. The van der Waals surface area contributed by atoms with Crippen LogP contribution in [0.1, 0.15) is 4.88 Å². The molecule has 15 heavy (non-hydrogen) atoms. The molecular formula is C10H7ClINOS. The van der Waals surface area contributed by atoms with Crippen molar-refractivity contribution in [2.24, 2.45) is 0 Å². The summed E-state index contributed by atoms with van der Waals surface area (Å²) in [6.45, 7) is 0.518. The fraction of sp³-hybridized carbons (Fsp3) is 0.100. The molecule has 0 atom stereocenters. The molecule has 0 aliphatic carbocycles. The normalized spacial score (nSPS) is 10.3. The smallest absolute Gasteiger partial charge is 0.183 e. The van der Waals surface area contributed by atoms with E-state index in [1.807, 2.05) is 24.3 Å². The molecule has 0 bridgehead atoms. The minimum absolute atomic E-state index is 0.518. The van der Waals surface area contributed by atoms with Gasteiger partial charge >= 0.3 is 0 Å². The topological polar surface area (TPSA) is 22.1 Å². The Kier molecular flexibility index (Phi) is 3.82. The molecule has 0 radical (unpaired) electrons. The van der Waals surface area contributed by atoms with Gasteiger partial charge in [0.25, 0.3) is 0 Å². The lowest BCUT2D eigenvalue weighted by molar-refractivity contribution is 0.309. The third kappa shape index (κ3) is 3.32. The van der Waals surface area contributed by atoms with E-state index in [0.717, 1.165) is 14.2 Å². The van der Waals surface area contributed by atoms with Gasteiger partial charge in [-0.1, -0.05) is 17.7 Å². The van der Waals surface area contributed by atoms with E-state index in [4.69, 9.17) is 16.3 Å². The molecule has 1 heterocycles. The first-order valence-corrected chi connectivity index (χ1v) is 6.50. The lowest BCUT2D eigenvalue weighted by Gasteiger charge is -2.03. The molecule has 0 N–H and O–H groups in total. The second-order valence-electron chi connectivity index (χ2n) is 2.83. The first kappa shape index (κ1) is 11.2. The summed E-state index contributed by atoms with van der Waals surface area (Å²) >= 11 is 9.41. The Balaban J connectivity index is 1.99. The fourth-order valence-electron chi connectivity index (χ4n) is 1.06. The highest BCUT2D eigenvalue weighted by atomic mass is 127. The molecule has 2 rings (SSSR count).